The molecule has 0 radical (unpaired) electrons. The van der Waals surface area contributed by atoms with Crippen LogP contribution in [0.3, 0.4) is 0 Å². The molecule has 202 valence electrons. The lowest BCUT2D eigenvalue weighted by Gasteiger charge is -2.16. The number of fused-ring (bicyclic) bond motifs is 1. The lowest BCUT2D eigenvalue weighted by molar-refractivity contribution is -0.118. The number of methoxy groups -OCH3 is 1. The summed E-state index contributed by atoms with van der Waals surface area (Å²) in [6.45, 7) is 3.47. The monoisotopic (exact) mass is 722 g/mol. The van der Waals surface area contributed by atoms with E-state index in [1.807, 2.05) is 19.9 Å². The number of hydrogen-bond acceptors (Lipinski definition) is 6. The van der Waals surface area contributed by atoms with Crippen LogP contribution >= 0.6 is 47.8 Å². The summed E-state index contributed by atoms with van der Waals surface area (Å²) in [6, 6.07) is 12.8. The smallest absolute Gasteiger partial charge is 0.282 e. The Bertz CT molecular complexity index is 1660. The van der Waals surface area contributed by atoms with Crippen molar-refractivity contribution in [3.63, 3.8) is 0 Å². The zero-order valence-electron chi connectivity index (χ0n) is 21.0. The molecule has 4 aromatic rings. The van der Waals surface area contributed by atoms with Crippen LogP contribution in [0.2, 0.25) is 0 Å². The molecule has 0 aliphatic carbocycles. The van der Waals surface area contributed by atoms with Crippen LogP contribution in [0.4, 0.5) is 10.1 Å². The number of carbonyl (C=O) groups excluding carboxylic acids is 1. The van der Waals surface area contributed by atoms with Crippen LogP contribution in [0.25, 0.3) is 10.9 Å². The molecule has 0 spiro atoms. The number of nitrogens with zero attached hydrogens (tertiary/aromatic N) is 3. The predicted molar refractivity (Wildman–Crippen MR) is 160 cm³/mol. The number of carbonyl (C=O) groups is 1. The van der Waals surface area contributed by atoms with Crippen LogP contribution in [-0.2, 0) is 4.79 Å². The predicted octanol–water partition coefficient (Wildman–Crippen LogP) is 6.85. The zero-order valence-corrected chi connectivity index (χ0v) is 25.7. The van der Waals surface area contributed by atoms with Gasteiger partial charge in [-0.15, -0.1) is 0 Å². The minimum absolute atomic E-state index is 0.0522. The number of aromatic nitrogens is 2. The quantitative estimate of drug-likeness (QED) is 0.201. The van der Waals surface area contributed by atoms with Crippen molar-refractivity contribution in [2.75, 3.05) is 19.0 Å². The first-order valence-electron chi connectivity index (χ1n) is 11.6. The van der Waals surface area contributed by atoms with Gasteiger partial charge >= 0.3 is 0 Å². The minimum Gasteiger partial charge on any atom is -0.493 e. The van der Waals surface area contributed by atoms with Gasteiger partial charge in [-0.3, -0.25) is 9.59 Å². The maximum absolute atomic E-state index is 13.8. The molecule has 1 heterocycles. The van der Waals surface area contributed by atoms with Gasteiger partial charge in [0, 0.05) is 20.4 Å². The summed E-state index contributed by atoms with van der Waals surface area (Å²) >= 11 is 10.4. The Morgan fingerprint density at radius 1 is 1.15 bits per heavy atom. The van der Waals surface area contributed by atoms with E-state index in [0.717, 1.165) is 4.47 Å². The summed E-state index contributed by atoms with van der Waals surface area (Å²) in [5.74, 6) is -0.102. The molecule has 0 bridgehead atoms. The highest BCUT2D eigenvalue weighted by molar-refractivity contribution is 9.13. The van der Waals surface area contributed by atoms with Crippen molar-refractivity contribution in [1.29, 1.82) is 0 Å². The summed E-state index contributed by atoms with van der Waals surface area (Å²) in [7, 11) is 1.45. The SMILES string of the molecule is COc1cc(C=Nn2c(C(C)C)nc3ccc(Br)cc3c2=O)c(Br)c(Br)c1OCC(=O)Nc1ccccc1F. The summed E-state index contributed by atoms with van der Waals surface area (Å²) < 4.78 is 28.1. The molecule has 0 saturated heterocycles. The van der Waals surface area contributed by atoms with E-state index < -0.39 is 18.3 Å². The molecule has 0 unspecified atom stereocenters. The topological polar surface area (TPSA) is 94.8 Å². The first kappa shape index (κ1) is 28.9. The van der Waals surface area contributed by atoms with Crippen molar-refractivity contribution < 1.29 is 18.7 Å². The standard InChI is InChI=1S/C27H22Br3FN4O4/c1-14(2)26-34-19-9-8-16(28)11-17(19)27(37)35(26)32-12-15-10-21(38-3)25(24(30)23(15)29)39-13-22(36)33-20-7-5-4-6-18(20)31/h4-12,14H,13H2,1-3H3,(H,33,36). The summed E-state index contributed by atoms with van der Waals surface area (Å²) in [5.41, 5.74) is 0.906. The Morgan fingerprint density at radius 2 is 1.90 bits per heavy atom. The van der Waals surface area contributed by atoms with E-state index in [0.29, 0.717) is 37.0 Å². The van der Waals surface area contributed by atoms with Gasteiger partial charge in [-0.25, -0.2) is 9.37 Å². The normalized spacial score (nSPS) is 11.4. The van der Waals surface area contributed by atoms with Crippen molar-refractivity contribution in [3.05, 3.63) is 89.5 Å². The van der Waals surface area contributed by atoms with E-state index in [-0.39, 0.29) is 22.9 Å². The molecule has 1 N–H and O–H groups in total. The van der Waals surface area contributed by atoms with Crippen molar-refractivity contribution >= 4 is 76.5 Å². The number of benzene rings is 3. The van der Waals surface area contributed by atoms with Crippen molar-refractivity contribution in [2.45, 2.75) is 19.8 Å². The Morgan fingerprint density at radius 3 is 2.59 bits per heavy atom. The second kappa shape index (κ2) is 12.4. The van der Waals surface area contributed by atoms with Crippen LogP contribution in [0.1, 0.15) is 31.2 Å². The van der Waals surface area contributed by atoms with E-state index in [9.17, 15) is 14.0 Å². The van der Waals surface area contributed by atoms with Gasteiger partial charge in [0.05, 0.1) is 34.4 Å². The highest BCUT2D eigenvalue weighted by Crippen LogP contribution is 2.42. The molecule has 0 saturated carbocycles. The van der Waals surface area contributed by atoms with Gasteiger partial charge in [0.15, 0.2) is 18.1 Å². The van der Waals surface area contributed by atoms with E-state index in [2.05, 4.69) is 63.2 Å². The fourth-order valence-corrected chi connectivity index (χ4v) is 4.94. The molecule has 1 aromatic heterocycles. The van der Waals surface area contributed by atoms with Gasteiger partial charge in [0.1, 0.15) is 11.6 Å². The van der Waals surface area contributed by atoms with Gasteiger partial charge in [-0.05, 0) is 68.3 Å². The second-order valence-corrected chi connectivity index (χ2v) is 11.1. The molecule has 0 aliphatic rings. The van der Waals surface area contributed by atoms with E-state index in [1.54, 1.807) is 24.3 Å². The van der Waals surface area contributed by atoms with Crippen LogP contribution < -0.4 is 20.3 Å². The Balaban J connectivity index is 1.65. The molecule has 0 atom stereocenters. The molecule has 8 nitrogen and oxygen atoms in total. The average Bonchev–Trinajstić information content (AvgIpc) is 2.91. The maximum atomic E-state index is 13.8. The lowest BCUT2D eigenvalue weighted by Crippen LogP contribution is -2.23. The highest BCUT2D eigenvalue weighted by atomic mass is 79.9. The average molecular weight is 725 g/mol. The van der Waals surface area contributed by atoms with Gasteiger partial charge < -0.3 is 14.8 Å². The molecule has 12 heteroatoms. The number of amides is 1. The van der Waals surface area contributed by atoms with E-state index in [1.165, 1.54) is 36.2 Å². The molecular formula is C27H22Br3FN4O4. The van der Waals surface area contributed by atoms with Crippen LogP contribution in [0, 0.1) is 5.82 Å². The van der Waals surface area contributed by atoms with Gasteiger partial charge in [0.2, 0.25) is 0 Å². The first-order chi connectivity index (χ1) is 18.6. The largest absolute Gasteiger partial charge is 0.493 e. The number of rotatable bonds is 8. The summed E-state index contributed by atoms with van der Waals surface area (Å²) in [4.78, 5) is 30.3. The third-order valence-electron chi connectivity index (χ3n) is 5.53. The Labute approximate surface area is 248 Å². The number of hydrogen-bond donors (Lipinski definition) is 1. The number of ether oxygens (including phenoxy) is 2. The Kier molecular flexibility index (Phi) is 9.19. The molecule has 1 amide bonds. The first-order valence-corrected chi connectivity index (χ1v) is 14.0. The lowest BCUT2D eigenvalue weighted by atomic mass is 10.2. The van der Waals surface area contributed by atoms with Crippen molar-refractivity contribution in [1.82, 2.24) is 9.66 Å². The molecule has 0 fully saturated rings. The summed E-state index contributed by atoms with van der Waals surface area (Å²) in [5, 5.41) is 7.37. The maximum Gasteiger partial charge on any atom is 0.282 e. The Hall–Kier alpha value is -3.09. The van der Waals surface area contributed by atoms with Gasteiger partial charge in [-0.2, -0.15) is 9.78 Å². The van der Waals surface area contributed by atoms with Crippen LogP contribution in [-0.4, -0.2) is 35.5 Å². The fraction of sp³-hybridized carbons (Fsp3) is 0.185. The molecule has 0 aliphatic heterocycles. The van der Waals surface area contributed by atoms with Gasteiger partial charge in [0.25, 0.3) is 11.5 Å². The zero-order chi connectivity index (χ0) is 28.3. The third-order valence-corrected chi connectivity index (χ3v) is 8.17. The minimum atomic E-state index is -0.551. The number of nitrogens with one attached hydrogen (secondary N) is 1. The summed E-state index contributed by atoms with van der Waals surface area (Å²) in [6.07, 6.45) is 1.50. The molecule has 4 rings (SSSR count). The second-order valence-electron chi connectivity index (χ2n) is 8.59. The van der Waals surface area contributed by atoms with Gasteiger partial charge in [-0.1, -0.05) is 41.9 Å². The third kappa shape index (κ3) is 6.39. The number of anilines is 1. The van der Waals surface area contributed by atoms with E-state index in [4.69, 9.17) is 9.47 Å². The van der Waals surface area contributed by atoms with Crippen molar-refractivity contribution in [3.8, 4) is 11.5 Å². The van der Waals surface area contributed by atoms with E-state index >= 15 is 0 Å². The molecule has 39 heavy (non-hydrogen) atoms. The van der Waals surface area contributed by atoms with Crippen LogP contribution in [0.5, 0.6) is 11.5 Å². The number of para-hydroxylation sites is 1. The number of halogens is 4. The molecular weight excluding hydrogens is 703 g/mol. The molecule has 3 aromatic carbocycles. The fourth-order valence-electron chi connectivity index (χ4n) is 3.64. The van der Waals surface area contributed by atoms with Crippen molar-refractivity contribution in [2.24, 2.45) is 5.10 Å². The van der Waals surface area contributed by atoms with Crippen LogP contribution in [0.15, 0.2) is 71.8 Å². The highest BCUT2D eigenvalue weighted by Gasteiger charge is 2.19.